The molecule has 2 heterocycles. The van der Waals surface area contributed by atoms with Gasteiger partial charge in [-0.05, 0) is 48.0 Å². The molecule has 0 bridgehead atoms. The number of hydrogen-bond donors (Lipinski definition) is 0. The Labute approximate surface area is 230 Å². The van der Waals surface area contributed by atoms with E-state index in [1.54, 1.807) is 29.4 Å². The topological polar surface area (TPSA) is 102 Å². The Morgan fingerprint density at radius 2 is 1.71 bits per heavy atom. The lowest BCUT2D eigenvalue weighted by Gasteiger charge is -2.22. The van der Waals surface area contributed by atoms with Gasteiger partial charge in [-0.1, -0.05) is 35.1 Å². The van der Waals surface area contributed by atoms with Crippen molar-refractivity contribution in [1.29, 1.82) is 0 Å². The monoisotopic (exact) mass is 574 g/mol. The highest BCUT2D eigenvalue weighted by Crippen LogP contribution is 2.34. The molecule has 2 aromatic heterocycles. The van der Waals surface area contributed by atoms with E-state index in [1.807, 2.05) is 18.2 Å². The first kappa shape index (κ1) is 28.1. The van der Waals surface area contributed by atoms with Gasteiger partial charge < -0.3 is 9.47 Å². The number of carbonyl (C=O) groups excluding carboxylic acids is 1. The van der Waals surface area contributed by atoms with Crippen molar-refractivity contribution in [2.75, 3.05) is 45.4 Å². The first-order chi connectivity index (χ1) is 18.3. The van der Waals surface area contributed by atoms with E-state index >= 15 is 0 Å². The number of carbonyl (C=O) groups is 1. The third-order valence-corrected chi connectivity index (χ3v) is 8.99. The van der Waals surface area contributed by atoms with E-state index in [4.69, 9.17) is 21.1 Å². The third-order valence-electron chi connectivity index (χ3n) is 5.73. The number of pyridine rings is 1. The van der Waals surface area contributed by atoms with E-state index in [0.717, 1.165) is 10.3 Å². The van der Waals surface area contributed by atoms with Gasteiger partial charge in [0.2, 0.25) is 10.0 Å². The van der Waals surface area contributed by atoms with Crippen molar-refractivity contribution in [1.82, 2.24) is 14.3 Å². The minimum absolute atomic E-state index is 0.0758. The second-order valence-electron chi connectivity index (χ2n) is 8.25. The van der Waals surface area contributed by atoms with Crippen molar-refractivity contribution >= 4 is 54.2 Å². The normalized spacial score (nSPS) is 11.8. The number of nitrogens with zero attached hydrogens (tertiary/aromatic N) is 4. The van der Waals surface area contributed by atoms with Crippen LogP contribution in [-0.4, -0.2) is 69.1 Å². The summed E-state index contributed by atoms with van der Waals surface area (Å²) in [6, 6.07) is 15.0. The van der Waals surface area contributed by atoms with Crippen LogP contribution < -0.4 is 4.90 Å². The number of hydrogen-bond acceptors (Lipinski definition) is 8. The van der Waals surface area contributed by atoms with Gasteiger partial charge in [0, 0.05) is 45.3 Å². The SMILES string of the molecule is COCCN(CCOC)S(=O)(=O)c1ccc(C(=O)N(Cc2cccnc2)c2nc3c(Cl)cccc3s2)cc1. The highest BCUT2D eigenvalue weighted by molar-refractivity contribution is 7.89. The molecule has 0 atom stereocenters. The molecule has 0 saturated carbocycles. The summed E-state index contributed by atoms with van der Waals surface area (Å²) in [5.74, 6) is -0.330. The summed E-state index contributed by atoms with van der Waals surface area (Å²) in [7, 11) is -0.792. The quantitative estimate of drug-likeness (QED) is 0.246. The van der Waals surface area contributed by atoms with Crippen molar-refractivity contribution in [3.8, 4) is 0 Å². The van der Waals surface area contributed by atoms with Crippen LogP contribution in [0.1, 0.15) is 15.9 Å². The highest BCUT2D eigenvalue weighted by atomic mass is 35.5. The molecule has 0 N–H and O–H groups in total. The van der Waals surface area contributed by atoms with E-state index in [-0.39, 0.29) is 43.7 Å². The van der Waals surface area contributed by atoms with Gasteiger partial charge in [0.05, 0.1) is 34.4 Å². The maximum atomic E-state index is 13.7. The Morgan fingerprint density at radius 3 is 2.32 bits per heavy atom. The van der Waals surface area contributed by atoms with Crippen molar-refractivity contribution in [2.24, 2.45) is 0 Å². The fourth-order valence-electron chi connectivity index (χ4n) is 3.73. The van der Waals surface area contributed by atoms with Gasteiger partial charge in [-0.25, -0.2) is 13.4 Å². The Morgan fingerprint density at radius 1 is 1.00 bits per heavy atom. The molecule has 0 spiro atoms. The minimum atomic E-state index is -3.82. The molecule has 38 heavy (non-hydrogen) atoms. The zero-order chi connectivity index (χ0) is 27.1. The van der Waals surface area contributed by atoms with Crippen LogP contribution in [0.3, 0.4) is 0 Å². The molecule has 0 unspecified atom stereocenters. The second-order valence-corrected chi connectivity index (χ2v) is 11.6. The van der Waals surface area contributed by atoms with Crippen LogP contribution in [0.2, 0.25) is 5.02 Å². The number of para-hydroxylation sites is 1. The van der Waals surface area contributed by atoms with Crippen molar-refractivity contribution in [3.05, 3.63) is 83.1 Å². The predicted molar refractivity (Wildman–Crippen MR) is 148 cm³/mol. The van der Waals surface area contributed by atoms with E-state index in [2.05, 4.69) is 9.97 Å². The smallest absolute Gasteiger partial charge is 0.260 e. The van der Waals surface area contributed by atoms with Crippen molar-refractivity contribution in [2.45, 2.75) is 11.4 Å². The third kappa shape index (κ3) is 6.37. The number of thiazole rings is 1. The average molecular weight is 575 g/mol. The van der Waals surface area contributed by atoms with Crippen molar-refractivity contribution < 1.29 is 22.7 Å². The predicted octanol–water partition coefficient (Wildman–Crippen LogP) is 4.48. The molecular formula is C26H27ClN4O5S2. The molecule has 4 aromatic rings. The Kier molecular flexibility index (Phi) is 9.42. The second kappa shape index (κ2) is 12.7. The molecular weight excluding hydrogens is 548 g/mol. The molecule has 0 aliphatic carbocycles. The number of rotatable bonds is 12. The van der Waals surface area contributed by atoms with Gasteiger partial charge in [0.25, 0.3) is 5.91 Å². The molecule has 9 nitrogen and oxygen atoms in total. The molecule has 0 fully saturated rings. The van der Waals surface area contributed by atoms with Gasteiger partial charge in [0.1, 0.15) is 5.52 Å². The standard InChI is InChI=1S/C26H27ClN4O5S2/c1-35-15-13-30(14-16-36-2)38(33,34)21-10-8-20(9-11-21)25(32)31(18-19-5-4-12-28-17-19)26-29-24-22(27)6-3-7-23(24)37-26/h3-12,17H,13-16,18H2,1-2H3. The first-order valence-electron chi connectivity index (χ1n) is 11.7. The molecule has 200 valence electrons. The molecule has 2 aromatic carbocycles. The van der Waals surface area contributed by atoms with Crippen LogP contribution in [0.5, 0.6) is 0 Å². The van der Waals surface area contributed by atoms with E-state index in [1.165, 1.54) is 54.1 Å². The number of amides is 1. The van der Waals surface area contributed by atoms with Crippen LogP contribution >= 0.6 is 22.9 Å². The number of halogens is 1. The van der Waals surface area contributed by atoms with Gasteiger partial charge >= 0.3 is 0 Å². The number of ether oxygens (including phenoxy) is 2. The van der Waals surface area contributed by atoms with E-state index < -0.39 is 10.0 Å². The molecule has 0 aliphatic rings. The van der Waals surface area contributed by atoms with Crippen molar-refractivity contribution in [3.63, 3.8) is 0 Å². The average Bonchev–Trinajstić information content (AvgIpc) is 3.37. The Balaban J connectivity index is 1.65. The summed E-state index contributed by atoms with van der Waals surface area (Å²) in [4.78, 5) is 24.1. The summed E-state index contributed by atoms with van der Waals surface area (Å²) in [5.41, 5.74) is 1.75. The molecule has 0 aliphatic heterocycles. The molecule has 1 amide bonds. The van der Waals surface area contributed by atoms with Crippen LogP contribution in [0.4, 0.5) is 5.13 Å². The van der Waals surface area contributed by atoms with Gasteiger partial charge in [-0.2, -0.15) is 4.31 Å². The molecule has 0 saturated heterocycles. The number of aromatic nitrogens is 2. The number of anilines is 1. The van der Waals surface area contributed by atoms with Gasteiger partial charge in [-0.15, -0.1) is 0 Å². The van der Waals surface area contributed by atoms with Crippen LogP contribution in [-0.2, 0) is 26.0 Å². The fraction of sp³-hybridized carbons (Fsp3) is 0.269. The number of methoxy groups -OCH3 is 2. The van der Waals surface area contributed by atoms with E-state index in [0.29, 0.717) is 21.2 Å². The lowest BCUT2D eigenvalue weighted by atomic mass is 10.2. The van der Waals surface area contributed by atoms with E-state index in [9.17, 15) is 13.2 Å². The zero-order valence-electron chi connectivity index (χ0n) is 20.9. The maximum Gasteiger partial charge on any atom is 0.260 e. The largest absolute Gasteiger partial charge is 0.383 e. The molecule has 4 rings (SSSR count). The summed E-state index contributed by atoms with van der Waals surface area (Å²) >= 11 is 7.69. The molecule has 12 heteroatoms. The summed E-state index contributed by atoms with van der Waals surface area (Å²) in [6.45, 7) is 1.08. The highest BCUT2D eigenvalue weighted by Gasteiger charge is 2.26. The minimum Gasteiger partial charge on any atom is -0.383 e. The Bertz CT molecular complexity index is 1470. The van der Waals surface area contributed by atoms with Gasteiger partial charge in [-0.3, -0.25) is 14.7 Å². The lowest BCUT2D eigenvalue weighted by Crippen LogP contribution is -2.36. The maximum absolute atomic E-state index is 13.7. The van der Waals surface area contributed by atoms with Crippen LogP contribution in [0, 0.1) is 0 Å². The number of fused-ring (bicyclic) bond motifs is 1. The summed E-state index contributed by atoms with van der Waals surface area (Å²) in [6.07, 6.45) is 3.35. The number of sulfonamides is 1. The summed E-state index contributed by atoms with van der Waals surface area (Å²) in [5, 5.41) is 0.976. The number of benzene rings is 2. The lowest BCUT2D eigenvalue weighted by molar-refractivity contribution is 0.0985. The molecule has 0 radical (unpaired) electrons. The van der Waals surface area contributed by atoms with Crippen LogP contribution in [0.25, 0.3) is 10.2 Å². The summed E-state index contributed by atoms with van der Waals surface area (Å²) < 4.78 is 38.8. The Hall–Kier alpha value is -2.93. The van der Waals surface area contributed by atoms with Crippen LogP contribution in [0.15, 0.2) is 71.9 Å². The first-order valence-corrected chi connectivity index (χ1v) is 14.3. The fourth-order valence-corrected chi connectivity index (χ4v) is 6.40. The van der Waals surface area contributed by atoms with Gasteiger partial charge in [0.15, 0.2) is 5.13 Å². The zero-order valence-corrected chi connectivity index (χ0v) is 23.3.